The maximum absolute atomic E-state index is 6.41. The van der Waals surface area contributed by atoms with Crippen LogP contribution >= 0.6 is 11.6 Å². The average molecular weight is 308 g/mol. The van der Waals surface area contributed by atoms with E-state index in [4.69, 9.17) is 16.3 Å². The molecule has 2 unspecified atom stereocenters. The third-order valence-corrected chi connectivity index (χ3v) is 5.67. The Hall–Kier alpha value is -0.730. The molecule has 1 aromatic carbocycles. The quantitative estimate of drug-likeness (QED) is 0.868. The zero-order valence-corrected chi connectivity index (χ0v) is 13.9. The van der Waals surface area contributed by atoms with Crippen molar-refractivity contribution in [1.82, 2.24) is 5.32 Å². The van der Waals surface area contributed by atoms with Gasteiger partial charge in [-0.15, -0.1) is 0 Å². The Bertz CT molecular complexity index is 496. The average Bonchev–Trinajstić information content (AvgIpc) is 2.50. The standard InChI is InChI=1S/C18H26ClNO/c1-3-20-16-12-17(18(16)9-5-4-6-10-18)21-15-11-14(19)8-7-13(15)2/h7-8,11,16-17,20H,3-6,9-10,12H2,1-2H3. The summed E-state index contributed by atoms with van der Waals surface area (Å²) in [4.78, 5) is 0. The van der Waals surface area contributed by atoms with Gasteiger partial charge in [0.15, 0.2) is 0 Å². The van der Waals surface area contributed by atoms with E-state index < -0.39 is 0 Å². The highest BCUT2D eigenvalue weighted by Gasteiger charge is 2.56. The van der Waals surface area contributed by atoms with Gasteiger partial charge in [-0.2, -0.15) is 0 Å². The van der Waals surface area contributed by atoms with E-state index in [0.29, 0.717) is 17.6 Å². The molecular weight excluding hydrogens is 282 g/mol. The number of ether oxygens (including phenoxy) is 1. The molecule has 116 valence electrons. The SMILES string of the molecule is CCNC1CC(Oc2cc(Cl)ccc2C)C12CCCCC2. The normalized spacial score (nSPS) is 27.4. The van der Waals surface area contributed by atoms with Crippen LogP contribution in [0.2, 0.25) is 5.02 Å². The lowest BCUT2D eigenvalue weighted by molar-refractivity contribution is -0.102. The second-order valence-corrected chi connectivity index (χ2v) is 7.09. The first-order valence-corrected chi connectivity index (χ1v) is 8.70. The molecule has 0 bridgehead atoms. The largest absolute Gasteiger partial charge is 0.489 e. The molecule has 1 N–H and O–H groups in total. The Morgan fingerprint density at radius 2 is 2.05 bits per heavy atom. The Labute approximate surface area is 133 Å². The maximum Gasteiger partial charge on any atom is 0.124 e. The van der Waals surface area contributed by atoms with Gasteiger partial charge in [0.25, 0.3) is 0 Å². The summed E-state index contributed by atoms with van der Waals surface area (Å²) in [5.74, 6) is 0.965. The third-order valence-electron chi connectivity index (χ3n) is 5.44. The summed E-state index contributed by atoms with van der Waals surface area (Å²) in [6, 6.07) is 6.58. The Morgan fingerprint density at radius 1 is 1.29 bits per heavy atom. The zero-order chi connectivity index (χ0) is 14.9. The van der Waals surface area contributed by atoms with E-state index in [1.54, 1.807) is 0 Å². The third kappa shape index (κ3) is 2.80. The van der Waals surface area contributed by atoms with Crippen molar-refractivity contribution in [3.05, 3.63) is 28.8 Å². The summed E-state index contributed by atoms with van der Waals surface area (Å²) in [5, 5.41) is 4.44. The molecule has 2 atom stereocenters. The molecule has 3 rings (SSSR count). The van der Waals surface area contributed by atoms with Gasteiger partial charge >= 0.3 is 0 Å². The molecule has 3 heteroatoms. The van der Waals surface area contributed by atoms with Gasteiger partial charge in [-0.25, -0.2) is 0 Å². The molecule has 1 aromatic rings. The minimum atomic E-state index is 0.346. The number of hydrogen-bond acceptors (Lipinski definition) is 2. The van der Waals surface area contributed by atoms with Crippen LogP contribution in [-0.2, 0) is 0 Å². The summed E-state index contributed by atoms with van der Waals surface area (Å²) < 4.78 is 6.41. The fourth-order valence-corrected chi connectivity index (χ4v) is 4.34. The van der Waals surface area contributed by atoms with Crippen molar-refractivity contribution in [3.8, 4) is 5.75 Å². The van der Waals surface area contributed by atoms with E-state index >= 15 is 0 Å². The molecule has 0 radical (unpaired) electrons. The number of hydrogen-bond donors (Lipinski definition) is 1. The second-order valence-electron chi connectivity index (χ2n) is 6.66. The van der Waals surface area contributed by atoms with Gasteiger partial charge in [0.2, 0.25) is 0 Å². The predicted octanol–water partition coefficient (Wildman–Crippen LogP) is 4.73. The van der Waals surface area contributed by atoms with Gasteiger partial charge in [-0.1, -0.05) is 43.9 Å². The van der Waals surface area contributed by atoms with E-state index in [2.05, 4.69) is 19.2 Å². The van der Waals surface area contributed by atoms with E-state index in [1.165, 1.54) is 37.7 Å². The van der Waals surface area contributed by atoms with Crippen LogP contribution < -0.4 is 10.1 Å². The first-order valence-electron chi connectivity index (χ1n) is 8.32. The first-order chi connectivity index (χ1) is 10.2. The van der Waals surface area contributed by atoms with Crippen LogP contribution in [0.25, 0.3) is 0 Å². The van der Waals surface area contributed by atoms with E-state index in [9.17, 15) is 0 Å². The van der Waals surface area contributed by atoms with Crippen LogP contribution in [0.5, 0.6) is 5.75 Å². The molecule has 0 aromatic heterocycles. The number of aryl methyl sites for hydroxylation is 1. The number of rotatable bonds is 4. The van der Waals surface area contributed by atoms with Crippen molar-refractivity contribution in [3.63, 3.8) is 0 Å². The van der Waals surface area contributed by atoms with E-state index in [1.807, 2.05) is 18.2 Å². The van der Waals surface area contributed by atoms with Crippen molar-refractivity contribution in [2.45, 2.75) is 64.5 Å². The highest BCUT2D eigenvalue weighted by Crippen LogP contribution is 2.53. The molecule has 0 aliphatic heterocycles. The van der Waals surface area contributed by atoms with Gasteiger partial charge in [0.1, 0.15) is 11.9 Å². The molecule has 1 spiro atoms. The Morgan fingerprint density at radius 3 is 2.76 bits per heavy atom. The van der Waals surface area contributed by atoms with Crippen molar-refractivity contribution in [2.75, 3.05) is 6.54 Å². The fourth-order valence-electron chi connectivity index (χ4n) is 4.18. The van der Waals surface area contributed by atoms with Crippen molar-refractivity contribution < 1.29 is 4.74 Å². The Balaban J connectivity index is 1.77. The molecule has 2 saturated carbocycles. The summed E-state index contributed by atoms with van der Waals surface area (Å²) in [7, 11) is 0. The lowest BCUT2D eigenvalue weighted by Crippen LogP contribution is -2.65. The topological polar surface area (TPSA) is 21.3 Å². The molecule has 0 saturated heterocycles. The number of benzene rings is 1. The lowest BCUT2D eigenvalue weighted by Gasteiger charge is -2.57. The maximum atomic E-state index is 6.41. The van der Waals surface area contributed by atoms with Gasteiger partial charge in [0, 0.05) is 22.9 Å². The van der Waals surface area contributed by atoms with Crippen molar-refractivity contribution in [2.24, 2.45) is 5.41 Å². The Kier molecular flexibility index (Phi) is 4.46. The molecule has 0 heterocycles. The number of halogens is 1. The summed E-state index contributed by atoms with van der Waals surface area (Å²) >= 11 is 6.12. The summed E-state index contributed by atoms with van der Waals surface area (Å²) in [6.45, 7) is 5.35. The van der Waals surface area contributed by atoms with Gasteiger partial charge < -0.3 is 10.1 Å². The highest BCUT2D eigenvalue weighted by molar-refractivity contribution is 6.30. The summed E-state index contributed by atoms with van der Waals surface area (Å²) in [6.07, 6.45) is 8.14. The van der Waals surface area contributed by atoms with Crippen LogP contribution in [0.15, 0.2) is 18.2 Å². The van der Waals surface area contributed by atoms with Crippen LogP contribution in [0, 0.1) is 12.3 Å². The fraction of sp³-hybridized carbons (Fsp3) is 0.667. The van der Waals surface area contributed by atoms with E-state index in [-0.39, 0.29) is 0 Å². The minimum Gasteiger partial charge on any atom is -0.489 e. The molecule has 2 nitrogen and oxygen atoms in total. The monoisotopic (exact) mass is 307 g/mol. The van der Waals surface area contributed by atoms with Crippen molar-refractivity contribution in [1.29, 1.82) is 0 Å². The molecular formula is C18H26ClNO. The van der Waals surface area contributed by atoms with Crippen LogP contribution in [0.1, 0.15) is 51.0 Å². The predicted molar refractivity (Wildman–Crippen MR) is 88.2 cm³/mol. The van der Waals surface area contributed by atoms with Crippen LogP contribution in [-0.4, -0.2) is 18.7 Å². The first kappa shape index (κ1) is 15.2. The zero-order valence-electron chi connectivity index (χ0n) is 13.1. The van der Waals surface area contributed by atoms with Crippen LogP contribution in [0.4, 0.5) is 0 Å². The molecule has 2 fully saturated rings. The smallest absolute Gasteiger partial charge is 0.124 e. The molecule has 2 aliphatic rings. The highest BCUT2D eigenvalue weighted by atomic mass is 35.5. The second kappa shape index (κ2) is 6.18. The lowest BCUT2D eigenvalue weighted by atomic mass is 9.55. The minimum absolute atomic E-state index is 0.346. The molecule has 21 heavy (non-hydrogen) atoms. The van der Waals surface area contributed by atoms with Gasteiger partial charge in [-0.3, -0.25) is 0 Å². The molecule has 2 aliphatic carbocycles. The summed E-state index contributed by atoms with van der Waals surface area (Å²) in [5.41, 5.74) is 1.53. The van der Waals surface area contributed by atoms with Crippen molar-refractivity contribution >= 4 is 11.6 Å². The van der Waals surface area contributed by atoms with E-state index in [0.717, 1.165) is 23.7 Å². The molecule has 0 amide bonds. The van der Waals surface area contributed by atoms with Crippen LogP contribution in [0.3, 0.4) is 0 Å². The number of nitrogens with one attached hydrogen (secondary N) is 1. The van der Waals surface area contributed by atoms with Gasteiger partial charge in [0.05, 0.1) is 0 Å². The van der Waals surface area contributed by atoms with Gasteiger partial charge in [-0.05, 0) is 44.0 Å².